The van der Waals surface area contributed by atoms with E-state index in [0.717, 1.165) is 12.1 Å². The zero-order valence-electron chi connectivity index (χ0n) is 9.67. The van der Waals surface area contributed by atoms with Crippen LogP contribution in [0.3, 0.4) is 0 Å². The van der Waals surface area contributed by atoms with Crippen molar-refractivity contribution in [2.75, 3.05) is 6.54 Å². The van der Waals surface area contributed by atoms with Crippen LogP contribution >= 0.6 is 0 Å². The molecule has 0 saturated heterocycles. The molecule has 1 nitrogen and oxygen atoms in total. The van der Waals surface area contributed by atoms with Gasteiger partial charge in [-0.3, -0.25) is 4.99 Å². The second-order valence-corrected chi connectivity index (χ2v) is 4.45. The van der Waals surface area contributed by atoms with Crippen molar-refractivity contribution in [1.29, 1.82) is 0 Å². The molecule has 0 bridgehead atoms. The maximum atomic E-state index is 4.39. The topological polar surface area (TPSA) is 12.4 Å². The average molecular weight is 181 g/mol. The monoisotopic (exact) mass is 181 g/mol. The van der Waals surface area contributed by atoms with Crippen LogP contribution in [0.5, 0.6) is 0 Å². The van der Waals surface area contributed by atoms with Crippen molar-refractivity contribution >= 4 is 6.21 Å². The van der Waals surface area contributed by atoms with Gasteiger partial charge in [0.15, 0.2) is 0 Å². The van der Waals surface area contributed by atoms with Gasteiger partial charge >= 0.3 is 0 Å². The first-order valence-electron chi connectivity index (χ1n) is 5.13. The average Bonchev–Trinajstić information content (AvgIpc) is 2.03. The van der Waals surface area contributed by atoms with Crippen molar-refractivity contribution in [3.05, 3.63) is 12.2 Å². The van der Waals surface area contributed by atoms with Crippen molar-refractivity contribution in [2.24, 2.45) is 22.7 Å². The second kappa shape index (κ2) is 5.95. The third-order valence-corrected chi connectivity index (χ3v) is 2.53. The van der Waals surface area contributed by atoms with Crippen molar-refractivity contribution < 1.29 is 0 Å². The Bertz CT molecular complexity index is 178. The molecule has 0 aromatic carbocycles. The van der Waals surface area contributed by atoms with Crippen molar-refractivity contribution in [3.8, 4) is 0 Å². The largest absolute Gasteiger partial charge is 0.293 e. The number of rotatable bonds is 5. The molecule has 0 saturated carbocycles. The van der Waals surface area contributed by atoms with Gasteiger partial charge < -0.3 is 0 Å². The number of hydrogen-bond acceptors (Lipinski definition) is 1. The summed E-state index contributed by atoms with van der Waals surface area (Å²) in [6.07, 6.45) is 1.92. The first-order chi connectivity index (χ1) is 5.95. The Kier molecular flexibility index (Phi) is 5.68. The molecule has 0 N–H and O–H groups in total. The molecule has 0 radical (unpaired) electrons. The van der Waals surface area contributed by atoms with Gasteiger partial charge in [-0.05, 0) is 23.3 Å². The predicted octanol–water partition coefficient (Wildman–Crippen LogP) is 3.56. The molecule has 13 heavy (non-hydrogen) atoms. The van der Waals surface area contributed by atoms with Crippen LogP contribution in [-0.2, 0) is 0 Å². The zero-order valence-corrected chi connectivity index (χ0v) is 9.67. The van der Waals surface area contributed by atoms with E-state index < -0.39 is 0 Å². The molecule has 0 heterocycles. The molecule has 0 amide bonds. The molecular formula is C12H23N. The lowest BCUT2D eigenvalue weighted by Crippen LogP contribution is -2.07. The van der Waals surface area contributed by atoms with Gasteiger partial charge in [-0.15, -0.1) is 0 Å². The summed E-state index contributed by atoms with van der Waals surface area (Å²) in [7, 11) is 0. The summed E-state index contributed by atoms with van der Waals surface area (Å²) < 4.78 is 0. The molecule has 0 aromatic rings. The summed E-state index contributed by atoms with van der Waals surface area (Å²) in [5.41, 5.74) is 1.12. The normalized spacial score (nSPS) is 14.4. The van der Waals surface area contributed by atoms with Gasteiger partial charge in [-0.1, -0.05) is 41.2 Å². The summed E-state index contributed by atoms with van der Waals surface area (Å²) in [4.78, 5) is 4.39. The van der Waals surface area contributed by atoms with Gasteiger partial charge in [0.05, 0.1) is 0 Å². The minimum absolute atomic E-state index is 0.512. The summed E-state index contributed by atoms with van der Waals surface area (Å²) in [5, 5.41) is 0. The standard InChI is InChI=1S/C12H23N/c1-9(2)11(5)7-13-8-12(6)10(3)4/h7,9-10,12H,5,8H2,1-4,6H3/b13-7-. The third-order valence-electron chi connectivity index (χ3n) is 2.53. The lowest BCUT2D eigenvalue weighted by atomic mass is 9.98. The quantitative estimate of drug-likeness (QED) is 0.575. The summed E-state index contributed by atoms with van der Waals surface area (Å²) in [6.45, 7) is 15.8. The number of nitrogens with zero attached hydrogens (tertiary/aromatic N) is 1. The maximum absolute atomic E-state index is 4.39. The van der Waals surface area contributed by atoms with E-state index in [1.54, 1.807) is 0 Å². The number of allylic oxidation sites excluding steroid dienone is 1. The molecule has 1 unspecified atom stereocenters. The van der Waals surface area contributed by atoms with Gasteiger partial charge in [0.1, 0.15) is 0 Å². The Morgan fingerprint density at radius 1 is 1.23 bits per heavy atom. The second-order valence-electron chi connectivity index (χ2n) is 4.45. The van der Waals surface area contributed by atoms with Gasteiger partial charge in [0.25, 0.3) is 0 Å². The van der Waals surface area contributed by atoms with E-state index in [9.17, 15) is 0 Å². The highest BCUT2D eigenvalue weighted by molar-refractivity contribution is 5.78. The molecule has 0 aliphatic carbocycles. The van der Waals surface area contributed by atoms with Crippen LogP contribution in [0, 0.1) is 17.8 Å². The van der Waals surface area contributed by atoms with E-state index >= 15 is 0 Å². The first-order valence-corrected chi connectivity index (χ1v) is 5.13. The SMILES string of the molecule is C=C(/C=N\CC(C)C(C)C)C(C)C. The lowest BCUT2D eigenvalue weighted by molar-refractivity contribution is 0.431. The van der Waals surface area contributed by atoms with Crippen LogP contribution in [0.1, 0.15) is 34.6 Å². The molecule has 1 heteroatoms. The van der Waals surface area contributed by atoms with E-state index in [4.69, 9.17) is 0 Å². The van der Waals surface area contributed by atoms with Crippen LogP contribution in [-0.4, -0.2) is 12.8 Å². The zero-order chi connectivity index (χ0) is 10.4. The van der Waals surface area contributed by atoms with E-state index in [2.05, 4.69) is 46.2 Å². The number of aliphatic imine (C=N–C) groups is 1. The summed E-state index contributed by atoms with van der Waals surface area (Å²) >= 11 is 0. The van der Waals surface area contributed by atoms with Crippen LogP contribution in [0.4, 0.5) is 0 Å². The molecular weight excluding hydrogens is 158 g/mol. The molecule has 1 atom stereocenters. The molecule has 0 aliphatic rings. The highest BCUT2D eigenvalue weighted by Gasteiger charge is 2.04. The van der Waals surface area contributed by atoms with Gasteiger partial charge in [-0.25, -0.2) is 0 Å². The molecule has 0 rings (SSSR count). The van der Waals surface area contributed by atoms with Gasteiger partial charge in [-0.2, -0.15) is 0 Å². The first kappa shape index (κ1) is 12.4. The van der Waals surface area contributed by atoms with Crippen LogP contribution < -0.4 is 0 Å². The third kappa shape index (κ3) is 5.62. The van der Waals surface area contributed by atoms with E-state index in [1.165, 1.54) is 0 Å². The minimum atomic E-state index is 0.512. The highest BCUT2D eigenvalue weighted by Crippen LogP contribution is 2.10. The lowest BCUT2D eigenvalue weighted by Gasteiger charge is -2.12. The molecule has 76 valence electrons. The van der Waals surface area contributed by atoms with E-state index in [1.807, 2.05) is 6.21 Å². The molecule has 0 aromatic heterocycles. The van der Waals surface area contributed by atoms with E-state index in [0.29, 0.717) is 17.8 Å². The Labute approximate surface area is 83.0 Å². The highest BCUT2D eigenvalue weighted by atomic mass is 14.7. The Balaban J connectivity index is 3.81. The molecule has 0 fully saturated rings. The van der Waals surface area contributed by atoms with E-state index in [-0.39, 0.29) is 0 Å². The van der Waals surface area contributed by atoms with Gasteiger partial charge in [0.2, 0.25) is 0 Å². The summed E-state index contributed by atoms with van der Waals surface area (Å²) in [6, 6.07) is 0. The van der Waals surface area contributed by atoms with Crippen LogP contribution in [0.2, 0.25) is 0 Å². The fraction of sp³-hybridized carbons (Fsp3) is 0.750. The van der Waals surface area contributed by atoms with Crippen molar-refractivity contribution in [2.45, 2.75) is 34.6 Å². The van der Waals surface area contributed by atoms with Crippen molar-refractivity contribution in [3.63, 3.8) is 0 Å². The number of hydrogen-bond donors (Lipinski definition) is 0. The van der Waals surface area contributed by atoms with Crippen molar-refractivity contribution in [1.82, 2.24) is 0 Å². The smallest absolute Gasteiger partial charge is 0.0417 e. The summed E-state index contributed by atoms with van der Waals surface area (Å²) in [5.74, 6) is 1.89. The fourth-order valence-corrected chi connectivity index (χ4v) is 0.696. The Morgan fingerprint density at radius 3 is 2.15 bits per heavy atom. The predicted molar refractivity (Wildman–Crippen MR) is 61.3 cm³/mol. The van der Waals surface area contributed by atoms with Crippen LogP contribution in [0.25, 0.3) is 0 Å². The maximum Gasteiger partial charge on any atom is 0.0417 e. The van der Waals surface area contributed by atoms with Gasteiger partial charge in [0, 0.05) is 12.8 Å². The molecule has 0 spiro atoms. The molecule has 0 aliphatic heterocycles. The fourth-order valence-electron chi connectivity index (χ4n) is 0.696. The Morgan fingerprint density at radius 2 is 1.77 bits per heavy atom. The minimum Gasteiger partial charge on any atom is -0.293 e. The Hall–Kier alpha value is -0.590. The van der Waals surface area contributed by atoms with Crippen LogP contribution in [0.15, 0.2) is 17.1 Å².